The Hall–Kier alpha value is -1.00. The highest BCUT2D eigenvalue weighted by Gasteiger charge is 2.24. The molecule has 80 valence electrons. The van der Waals surface area contributed by atoms with E-state index in [9.17, 15) is 4.79 Å². The molecule has 1 fully saturated rings. The maximum Gasteiger partial charge on any atom is 0.253 e. The first-order chi connectivity index (χ1) is 7.16. The standard InChI is InChI=1S/C11H14N2OS/c12-9-5-6-13(7-9)11(14)8-1-3-10(15)4-2-8/h1-4,9,15H,5-7,12H2. The van der Waals surface area contributed by atoms with Crippen LogP contribution in [-0.2, 0) is 0 Å². The summed E-state index contributed by atoms with van der Waals surface area (Å²) in [5.74, 6) is 0.0660. The van der Waals surface area contributed by atoms with Crippen LogP contribution in [0.15, 0.2) is 29.2 Å². The minimum atomic E-state index is 0.0660. The fourth-order valence-electron chi connectivity index (χ4n) is 1.76. The van der Waals surface area contributed by atoms with Gasteiger partial charge in [0.15, 0.2) is 0 Å². The first kappa shape index (κ1) is 10.5. The Morgan fingerprint density at radius 3 is 2.60 bits per heavy atom. The molecular formula is C11H14N2OS. The number of nitrogens with zero attached hydrogens (tertiary/aromatic N) is 1. The molecule has 3 nitrogen and oxygen atoms in total. The van der Waals surface area contributed by atoms with Gasteiger partial charge >= 0.3 is 0 Å². The first-order valence-electron chi connectivity index (χ1n) is 5.00. The third kappa shape index (κ3) is 2.33. The Morgan fingerprint density at radius 1 is 1.40 bits per heavy atom. The molecule has 2 N–H and O–H groups in total. The lowest BCUT2D eigenvalue weighted by atomic mass is 10.2. The van der Waals surface area contributed by atoms with Gasteiger partial charge in [-0.05, 0) is 30.7 Å². The number of benzene rings is 1. The predicted octanol–water partition coefficient (Wildman–Crippen LogP) is 1.15. The van der Waals surface area contributed by atoms with Crippen LogP contribution in [0.4, 0.5) is 0 Å². The fraction of sp³-hybridized carbons (Fsp3) is 0.364. The van der Waals surface area contributed by atoms with Crippen LogP contribution in [0.5, 0.6) is 0 Å². The van der Waals surface area contributed by atoms with Crippen LogP contribution in [0.3, 0.4) is 0 Å². The Kier molecular flexibility index (Phi) is 2.98. The third-order valence-electron chi connectivity index (χ3n) is 2.63. The molecule has 2 rings (SSSR count). The zero-order valence-electron chi connectivity index (χ0n) is 8.39. The molecule has 0 saturated carbocycles. The molecule has 1 aromatic carbocycles. The van der Waals surface area contributed by atoms with Crippen LogP contribution >= 0.6 is 12.6 Å². The molecule has 0 radical (unpaired) electrons. The minimum absolute atomic E-state index is 0.0660. The van der Waals surface area contributed by atoms with E-state index < -0.39 is 0 Å². The van der Waals surface area contributed by atoms with E-state index in [-0.39, 0.29) is 11.9 Å². The summed E-state index contributed by atoms with van der Waals surface area (Å²) in [7, 11) is 0. The molecule has 1 heterocycles. The topological polar surface area (TPSA) is 46.3 Å². The molecule has 1 aliphatic rings. The molecule has 15 heavy (non-hydrogen) atoms. The maximum atomic E-state index is 11.9. The monoisotopic (exact) mass is 222 g/mol. The van der Waals surface area contributed by atoms with Crippen molar-refractivity contribution in [1.29, 1.82) is 0 Å². The molecule has 0 spiro atoms. The van der Waals surface area contributed by atoms with Crippen molar-refractivity contribution >= 4 is 18.5 Å². The van der Waals surface area contributed by atoms with E-state index in [2.05, 4.69) is 12.6 Å². The molecule has 0 bridgehead atoms. The summed E-state index contributed by atoms with van der Waals surface area (Å²) < 4.78 is 0. The summed E-state index contributed by atoms with van der Waals surface area (Å²) in [6.45, 7) is 1.43. The van der Waals surface area contributed by atoms with Gasteiger partial charge in [0.1, 0.15) is 0 Å². The van der Waals surface area contributed by atoms with Crippen molar-refractivity contribution in [2.45, 2.75) is 17.4 Å². The number of likely N-dealkylation sites (tertiary alicyclic amines) is 1. The lowest BCUT2D eigenvalue weighted by molar-refractivity contribution is 0.0791. The molecule has 1 aromatic rings. The predicted molar refractivity (Wildman–Crippen MR) is 62.2 cm³/mol. The van der Waals surface area contributed by atoms with Gasteiger partial charge in [0.05, 0.1) is 0 Å². The second-order valence-electron chi connectivity index (χ2n) is 3.85. The molecule has 1 aliphatic heterocycles. The summed E-state index contributed by atoms with van der Waals surface area (Å²) in [6, 6.07) is 7.39. The molecule has 1 unspecified atom stereocenters. The van der Waals surface area contributed by atoms with Gasteiger partial charge in [-0.25, -0.2) is 0 Å². The molecular weight excluding hydrogens is 208 g/mol. The number of rotatable bonds is 1. The second kappa shape index (κ2) is 4.24. The molecule has 0 aliphatic carbocycles. The number of thiol groups is 1. The largest absolute Gasteiger partial charge is 0.337 e. The summed E-state index contributed by atoms with van der Waals surface area (Å²) >= 11 is 4.18. The van der Waals surface area contributed by atoms with Crippen LogP contribution < -0.4 is 5.73 Å². The van der Waals surface area contributed by atoms with Crippen LogP contribution in [0.1, 0.15) is 16.8 Å². The molecule has 1 atom stereocenters. The van der Waals surface area contributed by atoms with E-state index in [1.54, 1.807) is 17.0 Å². The van der Waals surface area contributed by atoms with Crippen LogP contribution in [0, 0.1) is 0 Å². The van der Waals surface area contributed by atoms with Gasteiger partial charge in [0.25, 0.3) is 5.91 Å². The summed E-state index contributed by atoms with van der Waals surface area (Å²) in [5.41, 5.74) is 6.47. The zero-order valence-corrected chi connectivity index (χ0v) is 9.28. The summed E-state index contributed by atoms with van der Waals surface area (Å²) in [6.07, 6.45) is 0.899. The van der Waals surface area contributed by atoms with Crippen LogP contribution in [-0.4, -0.2) is 29.9 Å². The zero-order chi connectivity index (χ0) is 10.8. The van der Waals surface area contributed by atoms with Crippen molar-refractivity contribution in [3.8, 4) is 0 Å². The summed E-state index contributed by atoms with van der Waals surface area (Å²) in [4.78, 5) is 14.6. The molecule has 4 heteroatoms. The highest BCUT2D eigenvalue weighted by atomic mass is 32.1. The molecule has 1 amide bonds. The van der Waals surface area contributed by atoms with E-state index in [1.807, 2.05) is 12.1 Å². The van der Waals surface area contributed by atoms with Gasteiger partial charge in [0, 0.05) is 29.6 Å². The number of hydrogen-bond acceptors (Lipinski definition) is 3. The lowest BCUT2D eigenvalue weighted by Crippen LogP contribution is -2.31. The number of amides is 1. The molecule has 1 saturated heterocycles. The van der Waals surface area contributed by atoms with Crippen molar-refractivity contribution in [2.75, 3.05) is 13.1 Å². The van der Waals surface area contributed by atoms with Gasteiger partial charge in [-0.1, -0.05) is 0 Å². The summed E-state index contributed by atoms with van der Waals surface area (Å²) in [5, 5.41) is 0. The highest BCUT2D eigenvalue weighted by Crippen LogP contribution is 2.14. The Morgan fingerprint density at radius 2 is 2.07 bits per heavy atom. The average Bonchev–Trinajstić information content (AvgIpc) is 2.65. The van der Waals surface area contributed by atoms with Crippen LogP contribution in [0.25, 0.3) is 0 Å². The Bertz CT molecular complexity index is 363. The van der Waals surface area contributed by atoms with E-state index in [4.69, 9.17) is 5.73 Å². The smallest absolute Gasteiger partial charge is 0.253 e. The van der Waals surface area contributed by atoms with Gasteiger partial charge in [0.2, 0.25) is 0 Å². The van der Waals surface area contributed by atoms with Gasteiger partial charge in [-0.2, -0.15) is 0 Å². The highest BCUT2D eigenvalue weighted by molar-refractivity contribution is 7.80. The SMILES string of the molecule is NC1CCN(C(=O)c2ccc(S)cc2)C1. The second-order valence-corrected chi connectivity index (χ2v) is 4.36. The quantitative estimate of drug-likeness (QED) is 0.700. The van der Waals surface area contributed by atoms with Gasteiger partial charge < -0.3 is 10.6 Å². The Labute approximate surface area is 94.7 Å². The van der Waals surface area contributed by atoms with E-state index in [1.165, 1.54) is 0 Å². The Balaban J connectivity index is 2.11. The van der Waals surface area contributed by atoms with E-state index >= 15 is 0 Å². The van der Waals surface area contributed by atoms with Crippen molar-refractivity contribution in [1.82, 2.24) is 4.90 Å². The molecule has 0 aromatic heterocycles. The van der Waals surface area contributed by atoms with Crippen molar-refractivity contribution in [3.05, 3.63) is 29.8 Å². The van der Waals surface area contributed by atoms with E-state index in [0.29, 0.717) is 12.1 Å². The normalized spacial score (nSPS) is 20.7. The first-order valence-corrected chi connectivity index (χ1v) is 5.45. The number of hydrogen-bond donors (Lipinski definition) is 2. The van der Waals surface area contributed by atoms with E-state index in [0.717, 1.165) is 17.9 Å². The maximum absolute atomic E-state index is 11.9. The number of nitrogens with two attached hydrogens (primary N) is 1. The van der Waals surface area contributed by atoms with Gasteiger partial charge in [-0.15, -0.1) is 12.6 Å². The lowest BCUT2D eigenvalue weighted by Gasteiger charge is -2.15. The minimum Gasteiger partial charge on any atom is -0.337 e. The average molecular weight is 222 g/mol. The number of carbonyl (C=O) groups excluding carboxylic acids is 1. The van der Waals surface area contributed by atoms with Crippen molar-refractivity contribution in [2.24, 2.45) is 5.73 Å². The third-order valence-corrected chi connectivity index (χ3v) is 2.92. The van der Waals surface area contributed by atoms with Crippen molar-refractivity contribution in [3.63, 3.8) is 0 Å². The van der Waals surface area contributed by atoms with Crippen molar-refractivity contribution < 1.29 is 4.79 Å². The van der Waals surface area contributed by atoms with Crippen LogP contribution in [0.2, 0.25) is 0 Å². The van der Waals surface area contributed by atoms with Gasteiger partial charge in [-0.3, -0.25) is 4.79 Å². The fourth-order valence-corrected chi connectivity index (χ4v) is 1.91. The number of carbonyl (C=O) groups is 1.